The lowest BCUT2D eigenvalue weighted by molar-refractivity contribution is -0.00542. The fourth-order valence-electron chi connectivity index (χ4n) is 3.00. The third kappa shape index (κ3) is 2.03. The number of amides is 2. The van der Waals surface area contributed by atoms with Crippen molar-refractivity contribution in [2.24, 2.45) is 0 Å². The van der Waals surface area contributed by atoms with Gasteiger partial charge in [0.15, 0.2) is 0 Å². The van der Waals surface area contributed by atoms with E-state index in [1.807, 2.05) is 6.92 Å². The number of carbonyl (C=O) groups excluding carboxylic acids is 2. The first-order valence-electron chi connectivity index (χ1n) is 6.74. The summed E-state index contributed by atoms with van der Waals surface area (Å²) in [4.78, 5) is 34.3. The third-order valence-electron chi connectivity index (χ3n) is 4.00. The average Bonchev–Trinajstić information content (AvgIpc) is 2.94. The minimum atomic E-state index is -0.552. The topological polar surface area (TPSA) is 78.5 Å². The van der Waals surface area contributed by atoms with Gasteiger partial charge in [-0.1, -0.05) is 0 Å². The van der Waals surface area contributed by atoms with Crippen molar-refractivity contribution in [1.82, 2.24) is 19.8 Å². The lowest BCUT2D eigenvalue weighted by Crippen LogP contribution is -2.52. The molecule has 0 radical (unpaired) electrons. The maximum atomic E-state index is 12.5. The average molecular weight is 278 g/mol. The molecule has 2 aliphatic heterocycles. The van der Waals surface area contributed by atoms with E-state index in [1.165, 1.54) is 6.33 Å². The number of hydrogen-bond acceptors (Lipinski definition) is 4. The first-order valence-corrected chi connectivity index (χ1v) is 6.74. The monoisotopic (exact) mass is 278 g/mol. The Hall–Kier alpha value is -2.05. The minimum absolute atomic E-state index is 0.103. The number of aromatic amines is 1. The van der Waals surface area contributed by atoms with E-state index < -0.39 is 5.60 Å². The Morgan fingerprint density at radius 1 is 1.50 bits per heavy atom. The predicted octanol–water partition coefficient (Wildman–Crippen LogP) is 0.775. The molecule has 0 unspecified atom stereocenters. The Morgan fingerprint density at radius 2 is 2.30 bits per heavy atom. The predicted molar refractivity (Wildman–Crippen MR) is 70.3 cm³/mol. The summed E-state index contributed by atoms with van der Waals surface area (Å²) in [5.74, 6) is -0.103. The first kappa shape index (κ1) is 13.0. The second-order valence-corrected chi connectivity index (χ2v) is 5.61. The zero-order chi connectivity index (χ0) is 14.3. The second kappa shape index (κ2) is 4.50. The third-order valence-corrected chi connectivity index (χ3v) is 4.00. The summed E-state index contributed by atoms with van der Waals surface area (Å²) in [6.07, 6.45) is 2.84. The number of hydrogen-bond donors (Lipinski definition) is 1. The van der Waals surface area contributed by atoms with Crippen molar-refractivity contribution in [2.45, 2.75) is 25.4 Å². The van der Waals surface area contributed by atoms with Crippen LogP contribution >= 0.6 is 0 Å². The van der Waals surface area contributed by atoms with Crippen molar-refractivity contribution < 1.29 is 14.3 Å². The van der Waals surface area contributed by atoms with E-state index in [4.69, 9.17) is 4.74 Å². The van der Waals surface area contributed by atoms with Gasteiger partial charge in [-0.05, 0) is 19.8 Å². The van der Waals surface area contributed by atoms with Gasteiger partial charge in [0.2, 0.25) is 0 Å². The number of H-pyrrole nitrogens is 1. The number of nitrogens with zero attached hydrogens (tertiary/aromatic N) is 3. The number of imidazole rings is 1. The summed E-state index contributed by atoms with van der Waals surface area (Å²) in [6.45, 7) is 3.47. The molecule has 2 aliphatic rings. The summed E-state index contributed by atoms with van der Waals surface area (Å²) in [6, 6.07) is 0. The largest absolute Gasteiger partial charge is 0.439 e. The summed E-state index contributed by atoms with van der Waals surface area (Å²) >= 11 is 0. The molecule has 1 spiro atoms. The lowest BCUT2D eigenvalue weighted by atomic mass is 9.92. The second-order valence-electron chi connectivity index (χ2n) is 5.61. The van der Waals surface area contributed by atoms with Crippen molar-refractivity contribution in [1.29, 1.82) is 0 Å². The lowest BCUT2D eigenvalue weighted by Gasteiger charge is -2.38. The van der Waals surface area contributed by atoms with Crippen LogP contribution in [0, 0.1) is 6.92 Å². The van der Waals surface area contributed by atoms with Crippen LogP contribution in [0.2, 0.25) is 0 Å². The van der Waals surface area contributed by atoms with E-state index in [2.05, 4.69) is 9.97 Å². The normalized spacial score (nSPS) is 26.2. The molecule has 3 heterocycles. The van der Waals surface area contributed by atoms with Gasteiger partial charge < -0.3 is 19.5 Å². The number of rotatable bonds is 1. The molecule has 2 amide bonds. The molecule has 0 aliphatic carbocycles. The Labute approximate surface area is 116 Å². The molecule has 7 heteroatoms. The van der Waals surface area contributed by atoms with Crippen LogP contribution in [0.15, 0.2) is 6.33 Å². The number of piperidine rings is 1. The van der Waals surface area contributed by atoms with Crippen molar-refractivity contribution in [2.75, 3.05) is 26.7 Å². The Kier molecular flexibility index (Phi) is 2.92. The summed E-state index contributed by atoms with van der Waals surface area (Å²) < 4.78 is 5.49. The van der Waals surface area contributed by atoms with Gasteiger partial charge in [0, 0.05) is 19.3 Å². The highest BCUT2D eigenvalue weighted by atomic mass is 16.6. The molecule has 20 heavy (non-hydrogen) atoms. The summed E-state index contributed by atoms with van der Waals surface area (Å²) in [7, 11) is 1.72. The molecule has 2 saturated heterocycles. The number of nitrogens with one attached hydrogen (secondary N) is 1. The van der Waals surface area contributed by atoms with Gasteiger partial charge in [-0.3, -0.25) is 4.79 Å². The van der Waals surface area contributed by atoms with Crippen LogP contribution in [0.5, 0.6) is 0 Å². The number of aryl methyl sites for hydroxylation is 1. The molecule has 2 fully saturated rings. The van der Waals surface area contributed by atoms with Crippen molar-refractivity contribution in [3.05, 3.63) is 17.7 Å². The van der Waals surface area contributed by atoms with Crippen LogP contribution < -0.4 is 0 Å². The van der Waals surface area contributed by atoms with Gasteiger partial charge in [0.25, 0.3) is 5.91 Å². The van der Waals surface area contributed by atoms with Crippen LogP contribution in [0.4, 0.5) is 4.79 Å². The van der Waals surface area contributed by atoms with E-state index in [1.54, 1.807) is 16.8 Å². The number of aromatic nitrogens is 2. The number of carbonyl (C=O) groups is 2. The molecule has 108 valence electrons. The molecule has 7 nitrogen and oxygen atoms in total. The quantitative estimate of drug-likeness (QED) is 0.823. The number of ether oxygens (including phenoxy) is 1. The molecule has 1 atom stereocenters. The van der Waals surface area contributed by atoms with Crippen LogP contribution in [-0.4, -0.2) is 64.1 Å². The fourth-order valence-corrected chi connectivity index (χ4v) is 3.00. The molecule has 1 aromatic heterocycles. The maximum absolute atomic E-state index is 12.5. The van der Waals surface area contributed by atoms with Crippen molar-refractivity contribution >= 4 is 12.0 Å². The van der Waals surface area contributed by atoms with Gasteiger partial charge in [0.1, 0.15) is 11.3 Å². The highest BCUT2D eigenvalue weighted by molar-refractivity contribution is 5.93. The van der Waals surface area contributed by atoms with Gasteiger partial charge in [-0.25, -0.2) is 9.78 Å². The molecule has 0 aromatic carbocycles. The molecule has 0 saturated carbocycles. The molecule has 1 aromatic rings. The zero-order valence-corrected chi connectivity index (χ0v) is 11.7. The van der Waals surface area contributed by atoms with Gasteiger partial charge in [-0.15, -0.1) is 0 Å². The highest BCUT2D eigenvalue weighted by Crippen LogP contribution is 2.31. The van der Waals surface area contributed by atoms with Crippen molar-refractivity contribution in [3.8, 4) is 0 Å². The van der Waals surface area contributed by atoms with Gasteiger partial charge in [0.05, 0.1) is 19.4 Å². The van der Waals surface area contributed by atoms with Crippen LogP contribution in [0.3, 0.4) is 0 Å². The maximum Gasteiger partial charge on any atom is 0.410 e. The Morgan fingerprint density at radius 3 is 2.90 bits per heavy atom. The van der Waals surface area contributed by atoms with Crippen LogP contribution in [0.25, 0.3) is 0 Å². The first-order chi connectivity index (χ1) is 9.51. The standard InChI is InChI=1S/C13H18N4O3/c1-9-10(15-8-14-9)11(18)17-5-3-4-13(7-17)6-16(2)12(19)20-13/h8H,3-7H2,1-2H3,(H,14,15)/t13-/m1/s1. The van der Waals surface area contributed by atoms with Gasteiger partial charge in [-0.2, -0.15) is 0 Å². The number of likely N-dealkylation sites (tertiary alicyclic amines) is 1. The fraction of sp³-hybridized carbons (Fsp3) is 0.615. The molecular formula is C13H18N4O3. The van der Waals surface area contributed by atoms with E-state index >= 15 is 0 Å². The Balaban J connectivity index is 1.78. The molecule has 3 rings (SSSR count). The molecule has 0 bridgehead atoms. The molecular weight excluding hydrogens is 260 g/mol. The van der Waals surface area contributed by atoms with E-state index in [0.717, 1.165) is 18.5 Å². The summed E-state index contributed by atoms with van der Waals surface area (Å²) in [5.41, 5.74) is 0.652. The molecule has 1 N–H and O–H groups in total. The van der Waals surface area contributed by atoms with E-state index in [-0.39, 0.29) is 12.0 Å². The smallest absolute Gasteiger partial charge is 0.410 e. The van der Waals surface area contributed by atoms with E-state index in [0.29, 0.717) is 25.3 Å². The highest BCUT2D eigenvalue weighted by Gasteiger charge is 2.47. The minimum Gasteiger partial charge on any atom is -0.439 e. The van der Waals surface area contributed by atoms with Crippen molar-refractivity contribution in [3.63, 3.8) is 0 Å². The Bertz CT molecular complexity index is 556. The van der Waals surface area contributed by atoms with Crippen LogP contribution in [-0.2, 0) is 4.74 Å². The summed E-state index contributed by atoms with van der Waals surface area (Å²) in [5, 5.41) is 0. The zero-order valence-electron chi connectivity index (χ0n) is 11.7. The SMILES string of the molecule is Cc1[nH]cnc1C(=O)N1CCC[C@@]2(CN(C)C(=O)O2)C1. The van der Waals surface area contributed by atoms with Crippen LogP contribution in [0.1, 0.15) is 29.0 Å². The van der Waals surface area contributed by atoms with E-state index in [9.17, 15) is 9.59 Å². The number of likely N-dealkylation sites (N-methyl/N-ethyl adjacent to an activating group) is 1. The van der Waals surface area contributed by atoms with Gasteiger partial charge >= 0.3 is 6.09 Å².